The molecule has 0 saturated heterocycles. The summed E-state index contributed by atoms with van der Waals surface area (Å²) < 4.78 is 4.66. The van der Waals surface area contributed by atoms with Crippen LogP contribution in [0.25, 0.3) is 10.9 Å². The molecule has 0 amide bonds. The van der Waals surface area contributed by atoms with Crippen LogP contribution in [0.15, 0.2) is 65.7 Å². The average Bonchev–Trinajstić information content (AvgIpc) is 2.59. The maximum Gasteiger partial charge on any atom is 0.337 e. The lowest BCUT2D eigenvalue weighted by atomic mass is 10.2. The smallest absolute Gasteiger partial charge is 0.337 e. The zero-order chi connectivity index (χ0) is 15.4. The number of esters is 1. The number of fused-ring (bicyclic) bond motifs is 1. The molecule has 3 aromatic rings. The highest BCUT2D eigenvalue weighted by atomic mass is 16.5. The molecule has 4 nitrogen and oxygen atoms in total. The molecule has 0 fully saturated rings. The van der Waals surface area contributed by atoms with Crippen molar-refractivity contribution in [3.05, 3.63) is 71.9 Å². The summed E-state index contributed by atoms with van der Waals surface area (Å²) in [5.41, 5.74) is 2.98. The van der Waals surface area contributed by atoms with E-state index in [0.717, 1.165) is 22.3 Å². The summed E-state index contributed by atoms with van der Waals surface area (Å²) in [6, 6.07) is 18.8. The second-order valence-corrected chi connectivity index (χ2v) is 4.73. The van der Waals surface area contributed by atoms with Crippen molar-refractivity contribution in [2.75, 3.05) is 7.11 Å². The Morgan fingerprint density at radius 3 is 2.59 bits per heavy atom. The van der Waals surface area contributed by atoms with E-state index in [1.807, 2.05) is 36.4 Å². The summed E-state index contributed by atoms with van der Waals surface area (Å²) in [7, 11) is 1.36. The van der Waals surface area contributed by atoms with Gasteiger partial charge < -0.3 is 4.74 Å². The molecule has 2 aromatic carbocycles. The highest BCUT2D eigenvalue weighted by molar-refractivity contribution is 5.90. The highest BCUT2D eigenvalue weighted by Crippen LogP contribution is 2.15. The number of rotatable bonds is 3. The van der Waals surface area contributed by atoms with Crippen molar-refractivity contribution in [3.8, 4) is 0 Å². The second-order valence-electron chi connectivity index (χ2n) is 4.73. The van der Waals surface area contributed by atoms with Gasteiger partial charge in [-0.05, 0) is 36.4 Å². The zero-order valence-electron chi connectivity index (χ0n) is 12.1. The number of carbonyl (C=O) groups excluding carboxylic acids is 1. The number of hydrogen-bond acceptors (Lipinski definition) is 4. The lowest BCUT2D eigenvalue weighted by Gasteiger charge is -2.00. The molecule has 4 heteroatoms. The van der Waals surface area contributed by atoms with Crippen molar-refractivity contribution >= 4 is 28.8 Å². The van der Waals surface area contributed by atoms with Gasteiger partial charge in [0.05, 0.1) is 35.8 Å². The molecule has 0 aliphatic rings. The van der Waals surface area contributed by atoms with E-state index in [1.54, 1.807) is 30.5 Å². The fraction of sp³-hybridized carbons (Fsp3) is 0.0556. The molecule has 0 saturated carbocycles. The summed E-state index contributed by atoms with van der Waals surface area (Å²) in [6.45, 7) is 0. The molecule has 0 aliphatic carbocycles. The van der Waals surface area contributed by atoms with Crippen LogP contribution in [0.3, 0.4) is 0 Å². The Morgan fingerprint density at radius 1 is 1.05 bits per heavy atom. The van der Waals surface area contributed by atoms with Gasteiger partial charge in [-0.1, -0.05) is 24.3 Å². The number of nitrogens with zero attached hydrogens (tertiary/aromatic N) is 2. The predicted molar refractivity (Wildman–Crippen MR) is 86.8 cm³/mol. The van der Waals surface area contributed by atoms with Gasteiger partial charge in [0.2, 0.25) is 0 Å². The Hall–Kier alpha value is -3.01. The van der Waals surface area contributed by atoms with Gasteiger partial charge in [-0.2, -0.15) is 0 Å². The Morgan fingerprint density at radius 2 is 1.82 bits per heavy atom. The van der Waals surface area contributed by atoms with E-state index in [2.05, 4.69) is 14.7 Å². The number of benzene rings is 2. The highest BCUT2D eigenvalue weighted by Gasteiger charge is 2.03. The quantitative estimate of drug-likeness (QED) is 0.545. The Labute approximate surface area is 128 Å². The predicted octanol–water partition coefficient (Wildman–Crippen LogP) is 3.77. The standard InChI is InChI=1S/C18H14N2O2/c1-22-18(21)14-7-9-15(10-8-14)19-12-16-11-6-13-4-2-3-5-17(13)20-16/h2-12H,1H3. The molecule has 108 valence electrons. The first-order valence-corrected chi connectivity index (χ1v) is 6.84. The first-order chi connectivity index (χ1) is 10.8. The Kier molecular flexibility index (Phi) is 3.92. The molecule has 22 heavy (non-hydrogen) atoms. The molecule has 0 bridgehead atoms. The number of pyridine rings is 1. The molecular weight excluding hydrogens is 276 g/mol. The fourth-order valence-corrected chi connectivity index (χ4v) is 2.10. The van der Waals surface area contributed by atoms with Crippen LogP contribution in [0.1, 0.15) is 16.1 Å². The van der Waals surface area contributed by atoms with Crippen molar-refractivity contribution < 1.29 is 9.53 Å². The summed E-state index contributed by atoms with van der Waals surface area (Å²) >= 11 is 0. The minimum Gasteiger partial charge on any atom is -0.465 e. The molecule has 0 aliphatic heterocycles. The van der Waals surface area contributed by atoms with Crippen LogP contribution < -0.4 is 0 Å². The summed E-state index contributed by atoms with van der Waals surface area (Å²) in [6.07, 6.45) is 1.71. The third-order valence-electron chi connectivity index (χ3n) is 3.25. The van der Waals surface area contributed by atoms with Crippen molar-refractivity contribution in [1.29, 1.82) is 0 Å². The number of aromatic nitrogens is 1. The van der Waals surface area contributed by atoms with Gasteiger partial charge in [0.1, 0.15) is 0 Å². The van der Waals surface area contributed by atoms with Crippen LogP contribution in [0.5, 0.6) is 0 Å². The molecule has 1 heterocycles. The molecule has 0 N–H and O–H groups in total. The SMILES string of the molecule is COC(=O)c1ccc(N=Cc2ccc3ccccc3n2)cc1. The number of carbonyl (C=O) groups is 1. The van der Waals surface area contributed by atoms with Gasteiger partial charge in [-0.25, -0.2) is 9.78 Å². The molecule has 1 aromatic heterocycles. The summed E-state index contributed by atoms with van der Waals surface area (Å²) in [5, 5.41) is 1.10. The average molecular weight is 290 g/mol. The van der Waals surface area contributed by atoms with E-state index in [4.69, 9.17) is 0 Å². The molecule has 0 atom stereocenters. The fourth-order valence-electron chi connectivity index (χ4n) is 2.10. The number of ether oxygens (including phenoxy) is 1. The largest absolute Gasteiger partial charge is 0.465 e. The molecular formula is C18H14N2O2. The van der Waals surface area contributed by atoms with Gasteiger partial charge >= 0.3 is 5.97 Å². The van der Waals surface area contributed by atoms with Crippen LogP contribution in [-0.2, 0) is 4.74 Å². The van der Waals surface area contributed by atoms with E-state index in [-0.39, 0.29) is 5.97 Å². The maximum atomic E-state index is 11.4. The molecule has 0 radical (unpaired) electrons. The number of hydrogen-bond donors (Lipinski definition) is 0. The van der Waals surface area contributed by atoms with E-state index >= 15 is 0 Å². The number of methoxy groups -OCH3 is 1. The van der Waals surface area contributed by atoms with E-state index in [0.29, 0.717) is 5.56 Å². The normalized spacial score (nSPS) is 11.0. The number of para-hydroxylation sites is 1. The van der Waals surface area contributed by atoms with Crippen molar-refractivity contribution in [3.63, 3.8) is 0 Å². The van der Waals surface area contributed by atoms with Crippen LogP contribution >= 0.6 is 0 Å². The van der Waals surface area contributed by atoms with Crippen LogP contribution in [0.2, 0.25) is 0 Å². The molecule has 3 rings (SSSR count). The van der Waals surface area contributed by atoms with Crippen molar-refractivity contribution in [1.82, 2.24) is 4.98 Å². The third kappa shape index (κ3) is 3.01. The zero-order valence-corrected chi connectivity index (χ0v) is 12.1. The maximum absolute atomic E-state index is 11.4. The Bertz CT molecular complexity index is 839. The topological polar surface area (TPSA) is 51.5 Å². The van der Waals surface area contributed by atoms with Crippen LogP contribution in [0.4, 0.5) is 5.69 Å². The first kappa shape index (κ1) is 13.9. The lowest BCUT2D eigenvalue weighted by Crippen LogP contribution is -1.99. The monoisotopic (exact) mass is 290 g/mol. The van der Waals surface area contributed by atoms with Gasteiger partial charge in [0, 0.05) is 5.39 Å². The van der Waals surface area contributed by atoms with E-state index in [1.165, 1.54) is 7.11 Å². The lowest BCUT2D eigenvalue weighted by molar-refractivity contribution is 0.0601. The van der Waals surface area contributed by atoms with Crippen molar-refractivity contribution in [2.45, 2.75) is 0 Å². The van der Waals surface area contributed by atoms with Gasteiger partial charge in [-0.15, -0.1) is 0 Å². The minimum absolute atomic E-state index is 0.355. The minimum atomic E-state index is -0.355. The van der Waals surface area contributed by atoms with Crippen LogP contribution in [0, 0.1) is 0 Å². The van der Waals surface area contributed by atoms with Crippen molar-refractivity contribution in [2.24, 2.45) is 4.99 Å². The number of aliphatic imine (C=N–C) groups is 1. The van der Waals surface area contributed by atoms with Crippen LogP contribution in [-0.4, -0.2) is 24.3 Å². The third-order valence-corrected chi connectivity index (χ3v) is 3.25. The van der Waals surface area contributed by atoms with E-state index in [9.17, 15) is 4.79 Å². The van der Waals surface area contributed by atoms with Gasteiger partial charge in [0.15, 0.2) is 0 Å². The van der Waals surface area contributed by atoms with Gasteiger partial charge in [-0.3, -0.25) is 4.99 Å². The Balaban J connectivity index is 1.81. The summed E-state index contributed by atoms with van der Waals surface area (Å²) in [4.78, 5) is 20.3. The molecule has 0 spiro atoms. The summed E-state index contributed by atoms with van der Waals surface area (Å²) in [5.74, 6) is -0.355. The van der Waals surface area contributed by atoms with Gasteiger partial charge in [0.25, 0.3) is 0 Å². The first-order valence-electron chi connectivity index (χ1n) is 6.84. The second kappa shape index (κ2) is 6.18. The van der Waals surface area contributed by atoms with E-state index < -0.39 is 0 Å². The molecule has 0 unspecified atom stereocenters.